The van der Waals surface area contributed by atoms with E-state index in [1.807, 2.05) is 0 Å². The van der Waals surface area contributed by atoms with Gasteiger partial charge < -0.3 is 0 Å². The Bertz CT molecular complexity index is 538. The largest absolute Gasteiger partial charge is 0.298 e. The van der Waals surface area contributed by atoms with E-state index < -0.39 is 0 Å². The van der Waals surface area contributed by atoms with E-state index in [0.29, 0.717) is 11.3 Å². The number of aldehydes is 1. The van der Waals surface area contributed by atoms with Gasteiger partial charge >= 0.3 is 0 Å². The first kappa shape index (κ1) is 16.2. The standard InChI is InChI=1S/C21H31ClO/c1-20-10-5-3-4-6-15(20)7-8-16-17(20)9-11-21(2)18(16)12-14(13-23)19(21)22/h13,15-18H,3-12H2,1-2H3. The number of hydrogen-bond acceptors (Lipinski definition) is 1. The molecule has 0 amide bonds. The molecule has 0 N–H and O–H groups in total. The lowest BCUT2D eigenvalue weighted by molar-refractivity contribution is -0.105. The van der Waals surface area contributed by atoms with Crippen molar-refractivity contribution in [3.05, 3.63) is 10.6 Å². The van der Waals surface area contributed by atoms with Crippen LogP contribution in [0.3, 0.4) is 0 Å². The zero-order valence-electron chi connectivity index (χ0n) is 14.7. The highest BCUT2D eigenvalue weighted by Crippen LogP contribution is 2.67. The number of hydrogen-bond donors (Lipinski definition) is 0. The summed E-state index contributed by atoms with van der Waals surface area (Å²) in [5.41, 5.74) is 1.55. The Morgan fingerprint density at radius 2 is 1.83 bits per heavy atom. The number of allylic oxidation sites excluding steroid dienone is 2. The van der Waals surface area contributed by atoms with Crippen LogP contribution in [0.15, 0.2) is 10.6 Å². The molecular weight excluding hydrogens is 304 g/mol. The van der Waals surface area contributed by atoms with E-state index in [1.54, 1.807) is 0 Å². The van der Waals surface area contributed by atoms with E-state index in [0.717, 1.165) is 41.1 Å². The Hall–Kier alpha value is -0.300. The number of carbonyl (C=O) groups excluding carboxylic acids is 1. The van der Waals surface area contributed by atoms with Crippen LogP contribution in [0.2, 0.25) is 0 Å². The Morgan fingerprint density at radius 1 is 1.00 bits per heavy atom. The SMILES string of the molecule is CC12CCC3C(CCC4CCCCCC43C)C1CC(C=O)=C2Cl. The zero-order chi connectivity index (χ0) is 16.2. The van der Waals surface area contributed by atoms with Crippen molar-refractivity contribution in [3.8, 4) is 0 Å². The average Bonchev–Trinajstić information content (AvgIpc) is 2.69. The summed E-state index contributed by atoms with van der Waals surface area (Å²) >= 11 is 6.67. The summed E-state index contributed by atoms with van der Waals surface area (Å²) in [4.78, 5) is 11.5. The fourth-order valence-electron chi connectivity index (χ4n) is 7.23. The van der Waals surface area contributed by atoms with Crippen LogP contribution >= 0.6 is 11.6 Å². The quantitative estimate of drug-likeness (QED) is 0.528. The van der Waals surface area contributed by atoms with Crippen molar-refractivity contribution in [2.45, 2.75) is 78.1 Å². The first-order valence-corrected chi connectivity index (χ1v) is 10.2. The average molecular weight is 335 g/mol. The van der Waals surface area contributed by atoms with Gasteiger partial charge in [0.1, 0.15) is 6.29 Å². The van der Waals surface area contributed by atoms with Crippen molar-refractivity contribution in [3.63, 3.8) is 0 Å². The molecular formula is C21H31ClO. The van der Waals surface area contributed by atoms with Gasteiger partial charge in [0.2, 0.25) is 0 Å². The molecule has 3 saturated carbocycles. The van der Waals surface area contributed by atoms with Crippen LogP contribution in [0, 0.1) is 34.5 Å². The van der Waals surface area contributed by atoms with Gasteiger partial charge in [-0.3, -0.25) is 4.79 Å². The predicted octanol–water partition coefficient (Wildman–Crippen LogP) is 6.11. The molecule has 0 aliphatic heterocycles. The van der Waals surface area contributed by atoms with E-state index in [9.17, 15) is 4.79 Å². The molecule has 0 aromatic carbocycles. The maximum absolute atomic E-state index is 11.5. The second kappa shape index (κ2) is 5.61. The molecule has 4 aliphatic rings. The fourth-order valence-corrected chi connectivity index (χ4v) is 7.59. The molecule has 6 unspecified atom stereocenters. The van der Waals surface area contributed by atoms with Crippen LogP contribution in [0.5, 0.6) is 0 Å². The van der Waals surface area contributed by atoms with Gasteiger partial charge in [-0.2, -0.15) is 0 Å². The number of carbonyl (C=O) groups is 1. The molecule has 0 heterocycles. The molecule has 0 aromatic heterocycles. The van der Waals surface area contributed by atoms with E-state index in [4.69, 9.17) is 11.6 Å². The van der Waals surface area contributed by atoms with Crippen LogP contribution in [0.1, 0.15) is 78.1 Å². The smallest absolute Gasteiger partial charge is 0.147 e. The van der Waals surface area contributed by atoms with Crippen LogP contribution in [0.4, 0.5) is 0 Å². The summed E-state index contributed by atoms with van der Waals surface area (Å²) in [7, 11) is 0. The maximum atomic E-state index is 11.5. The summed E-state index contributed by atoms with van der Waals surface area (Å²) in [6, 6.07) is 0. The number of halogens is 1. The lowest BCUT2D eigenvalue weighted by Crippen LogP contribution is -2.51. The monoisotopic (exact) mass is 334 g/mol. The van der Waals surface area contributed by atoms with Gasteiger partial charge in [-0.15, -0.1) is 0 Å². The summed E-state index contributed by atoms with van der Waals surface area (Å²) in [6.45, 7) is 4.96. The fraction of sp³-hybridized carbons (Fsp3) is 0.857. The minimum atomic E-state index is 0.0902. The topological polar surface area (TPSA) is 17.1 Å². The van der Waals surface area contributed by atoms with Gasteiger partial charge in [0.25, 0.3) is 0 Å². The van der Waals surface area contributed by atoms with Crippen molar-refractivity contribution in [2.24, 2.45) is 34.5 Å². The Kier molecular flexibility index (Phi) is 3.95. The molecule has 2 heteroatoms. The minimum absolute atomic E-state index is 0.0902. The van der Waals surface area contributed by atoms with Crippen molar-refractivity contribution in [1.82, 2.24) is 0 Å². The van der Waals surface area contributed by atoms with E-state index in [2.05, 4.69) is 13.8 Å². The number of rotatable bonds is 1. The highest BCUT2D eigenvalue weighted by Gasteiger charge is 2.58. The van der Waals surface area contributed by atoms with Crippen molar-refractivity contribution in [1.29, 1.82) is 0 Å². The van der Waals surface area contributed by atoms with E-state index in [-0.39, 0.29) is 5.41 Å². The highest BCUT2D eigenvalue weighted by molar-refractivity contribution is 6.32. The molecule has 0 spiro atoms. The molecule has 0 radical (unpaired) electrons. The molecule has 128 valence electrons. The van der Waals surface area contributed by atoms with E-state index in [1.165, 1.54) is 57.8 Å². The van der Waals surface area contributed by atoms with Gasteiger partial charge in [-0.05, 0) is 74.0 Å². The third-order valence-electron chi connectivity index (χ3n) is 8.59. The normalized spacial score (nSPS) is 49.9. The molecule has 6 atom stereocenters. The third-order valence-corrected chi connectivity index (χ3v) is 9.26. The third kappa shape index (κ3) is 2.21. The Balaban J connectivity index is 1.66. The summed E-state index contributed by atoms with van der Waals surface area (Å²) in [6.07, 6.45) is 14.5. The van der Waals surface area contributed by atoms with Crippen LogP contribution < -0.4 is 0 Å². The summed E-state index contributed by atoms with van der Waals surface area (Å²) in [5, 5.41) is 0.907. The molecule has 0 saturated heterocycles. The van der Waals surface area contributed by atoms with Gasteiger partial charge in [0.05, 0.1) is 0 Å². The van der Waals surface area contributed by atoms with Crippen molar-refractivity contribution < 1.29 is 4.79 Å². The molecule has 0 bridgehead atoms. The molecule has 4 rings (SSSR count). The molecule has 3 fully saturated rings. The summed E-state index contributed by atoms with van der Waals surface area (Å²) in [5.74, 6) is 3.23. The molecule has 4 aliphatic carbocycles. The summed E-state index contributed by atoms with van der Waals surface area (Å²) < 4.78 is 0. The highest BCUT2D eigenvalue weighted by atomic mass is 35.5. The zero-order valence-corrected chi connectivity index (χ0v) is 15.5. The second-order valence-electron chi connectivity index (χ2n) is 9.37. The number of fused-ring (bicyclic) bond motifs is 5. The second-order valence-corrected chi connectivity index (χ2v) is 9.75. The Morgan fingerprint density at radius 3 is 2.61 bits per heavy atom. The first-order chi connectivity index (χ1) is 11.0. The van der Waals surface area contributed by atoms with E-state index >= 15 is 0 Å². The van der Waals surface area contributed by atoms with Gasteiger partial charge in [0, 0.05) is 16.0 Å². The maximum Gasteiger partial charge on any atom is 0.147 e. The lowest BCUT2D eigenvalue weighted by Gasteiger charge is -2.58. The van der Waals surface area contributed by atoms with Crippen LogP contribution in [-0.4, -0.2) is 6.29 Å². The van der Waals surface area contributed by atoms with Crippen LogP contribution in [-0.2, 0) is 4.79 Å². The van der Waals surface area contributed by atoms with Gasteiger partial charge in [-0.1, -0.05) is 44.7 Å². The van der Waals surface area contributed by atoms with Crippen LogP contribution in [0.25, 0.3) is 0 Å². The first-order valence-electron chi connectivity index (χ1n) is 9.85. The molecule has 23 heavy (non-hydrogen) atoms. The minimum Gasteiger partial charge on any atom is -0.298 e. The van der Waals surface area contributed by atoms with Crippen molar-refractivity contribution in [2.75, 3.05) is 0 Å². The van der Waals surface area contributed by atoms with Gasteiger partial charge in [0.15, 0.2) is 0 Å². The molecule has 1 nitrogen and oxygen atoms in total. The van der Waals surface area contributed by atoms with Gasteiger partial charge in [-0.25, -0.2) is 0 Å². The molecule has 0 aromatic rings. The Labute approximate surface area is 146 Å². The van der Waals surface area contributed by atoms with Crippen molar-refractivity contribution >= 4 is 17.9 Å². The predicted molar refractivity (Wildman–Crippen MR) is 95.3 cm³/mol. The lowest BCUT2D eigenvalue weighted by atomic mass is 9.47.